The van der Waals surface area contributed by atoms with Crippen molar-refractivity contribution in [1.29, 1.82) is 0 Å². The van der Waals surface area contributed by atoms with E-state index in [-0.39, 0.29) is 0 Å². The maximum Gasteiger partial charge on any atom is 0.0372 e. The van der Waals surface area contributed by atoms with Gasteiger partial charge >= 0.3 is 0 Å². The fraction of sp³-hybridized carbons (Fsp3) is 0.706. The first-order chi connectivity index (χ1) is 9.63. The van der Waals surface area contributed by atoms with Gasteiger partial charge < -0.3 is 0 Å². The average molecular weight is 273 g/mol. The van der Waals surface area contributed by atoms with Crippen LogP contribution in [0.4, 0.5) is 0 Å². The zero-order valence-electron chi connectivity index (χ0n) is 13.0. The Morgan fingerprint density at radius 2 is 2.15 bits per heavy atom. The number of aromatic nitrogens is 1. The first kappa shape index (κ1) is 14.0. The largest absolute Gasteiger partial charge is 0.298 e. The number of hydrogen-bond donors (Lipinski definition) is 0. The summed E-state index contributed by atoms with van der Waals surface area (Å²) >= 11 is 0. The molecule has 3 nitrogen and oxygen atoms in total. The highest BCUT2D eigenvalue weighted by Gasteiger charge is 2.37. The van der Waals surface area contributed by atoms with Crippen LogP contribution in [-0.4, -0.2) is 46.5 Å². The van der Waals surface area contributed by atoms with E-state index in [0.717, 1.165) is 24.2 Å². The molecule has 3 rings (SSSR count). The van der Waals surface area contributed by atoms with E-state index in [2.05, 4.69) is 47.7 Å². The minimum Gasteiger partial charge on any atom is -0.298 e. The molecule has 2 fully saturated rings. The molecule has 1 aromatic rings. The molecule has 0 radical (unpaired) electrons. The number of nitrogens with zero attached hydrogens (tertiary/aromatic N) is 3. The van der Waals surface area contributed by atoms with Crippen molar-refractivity contribution in [2.75, 3.05) is 19.6 Å². The predicted molar refractivity (Wildman–Crippen MR) is 82.6 cm³/mol. The van der Waals surface area contributed by atoms with Crippen molar-refractivity contribution in [2.45, 2.75) is 52.2 Å². The van der Waals surface area contributed by atoms with Crippen LogP contribution in [0.25, 0.3) is 0 Å². The lowest BCUT2D eigenvalue weighted by Gasteiger charge is -2.45. The SMILES string of the molecule is Cc1ccc(CN2CC3CCCN3CC2C(C)C)cn1. The van der Waals surface area contributed by atoms with E-state index in [1.54, 1.807) is 0 Å². The van der Waals surface area contributed by atoms with E-state index < -0.39 is 0 Å². The molecule has 2 aliphatic heterocycles. The highest BCUT2D eigenvalue weighted by atomic mass is 15.3. The molecule has 20 heavy (non-hydrogen) atoms. The minimum atomic E-state index is 0.686. The Morgan fingerprint density at radius 1 is 1.30 bits per heavy atom. The number of pyridine rings is 1. The number of piperazine rings is 1. The summed E-state index contributed by atoms with van der Waals surface area (Å²) in [5.41, 5.74) is 2.46. The lowest BCUT2D eigenvalue weighted by Crippen LogP contribution is -2.57. The van der Waals surface area contributed by atoms with Gasteiger partial charge in [0.05, 0.1) is 0 Å². The fourth-order valence-electron chi connectivity index (χ4n) is 3.74. The Bertz CT molecular complexity index is 440. The molecule has 0 saturated carbocycles. The summed E-state index contributed by atoms with van der Waals surface area (Å²) in [6, 6.07) is 5.85. The van der Waals surface area contributed by atoms with Crippen molar-refractivity contribution >= 4 is 0 Å². The summed E-state index contributed by atoms with van der Waals surface area (Å²) < 4.78 is 0. The van der Waals surface area contributed by atoms with E-state index in [4.69, 9.17) is 0 Å². The van der Waals surface area contributed by atoms with E-state index in [1.807, 2.05) is 6.20 Å². The van der Waals surface area contributed by atoms with Crippen LogP contribution in [0.15, 0.2) is 18.3 Å². The van der Waals surface area contributed by atoms with Crippen LogP contribution >= 0.6 is 0 Å². The van der Waals surface area contributed by atoms with E-state index in [0.29, 0.717) is 6.04 Å². The quantitative estimate of drug-likeness (QED) is 0.844. The first-order valence-electron chi connectivity index (χ1n) is 8.03. The van der Waals surface area contributed by atoms with Gasteiger partial charge in [-0.05, 0) is 43.9 Å². The Kier molecular flexibility index (Phi) is 4.08. The Morgan fingerprint density at radius 3 is 2.85 bits per heavy atom. The van der Waals surface area contributed by atoms with Crippen LogP contribution < -0.4 is 0 Å². The van der Waals surface area contributed by atoms with Crippen molar-refractivity contribution in [3.05, 3.63) is 29.6 Å². The first-order valence-corrected chi connectivity index (χ1v) is 8.03. The molecule has 0 aliphatic carbocycles. The van der Waals surface area contributed by atoms with Gasteiger partial charge in [0.1, 0.15) is 0 Å². The Hall–Kier alpha value is -0.930. The zero-order valence-corrected chi connectivity index (χ0v) is 13.0. The van der Waals surface area contributed by atoms with E-state index >= 15 is 0 Å². The molecule has 0 aromatic carbocycles. The third-order valence-electron chi connectivity index (χ3n) is 4.96. The second-order valence-corrected chi connectivity index (χ2v) is 6.84. The van der Waals surface area contributed by atoms with Gasteiger partial charge in [-0.1, -0.05) is 19.9 Å². The van der Waals surface area contributed by atoms with Crippen molar-refractivity contribution in [3.8, 4) is 0 Å². The fourth-order valence-corrected chi connectivity index (χ4v) is 3.74. The summed E-state index contributed by atoms with van der Waals surface area (Å²) in [4.78, 5) is 9.86. The van der Waals surface area contributed by atoms with Gasteiger partial charge in [-0.25, -0.2) is 0 Å². The topological polar surface area (TPSA) is 19.4 Å². The van der Waals surface area contributed by atoms with Gasteiger partial charge in [0.25, 0.3) is 0 Å². The second-order valence-electron chi connectivity index (χ2n) is 6.84. The summed E-state index contributed by atoms with van der Waals surface area (Å²) in [5, 5.41) is 0. The standard InChI is InChI=1S/C17H27N3/c1-13(2)17-12-19-8-4-5-16(19)11-20(17)10-15-7-6-14(3)18-9-15/h6-7,9,13,16-17H,4-5,8,10-12H2,1-3H3. The minimum absolute atomic E-state index is 0.686. The molecule has 3 heterocycles. The molecule has 3 heteroatoms. The molecule has 0 N–H and O–H groups in total. The lowest BCUT2D eigenvalue weighted by atomic mass is 9.97. The maximum atomic E-state index is 4.44. The van der Waals surface area contributed by atoms with E-state index in [1.165, 1.54) is 38.0 Å². The van der Waals surface area contributed by atoms with Crippen LogP contribution in [0.2, 0.25) is 0 Å². The third-order valence-corrected chi connectivity index (χ3v) is 4.96. The maximum absolute atomic E-state index is 4.44. The smallest absolute Gasteiger partial charge is 0.0372 e. The molecular formula is C17H27N3. The van der Waals surface area contributed by atoms with Crippen molar-refractivity contribution in [2.24, 2.45) is 5.92 Å². The van der Waals surface area contributed by atoms with Crippen molar-refractivity contribution in [1.82, 2.24) is 14.8 Å². The van der Waals surface area contributed by atoms with Crippen LogP contribution in [0.1, 0.15) is 37.9 Å². The Balaban J connectivity index is 1.73. The van der Waals surface area contributed by atoms with Gasteiger partial charge in [0.15, 0.2) is 0 Å². The molecule has 1 aromatic heterocycles. The van der Waals surface area contributed by atoms with Crippen molar-refractivity contribution in [3.63, 3.8) is 0 Å². The molecule has 0 spiro atoms. The molecule has 2 saturated heterocycles. The van der Waals surface area contributed by atoms with Crippen LogP contribution in [0.5, 0.6) is 0 Å². The van der Waals surface area contributed by atoms with Gasteiger partial charge in [-0.3, -0.25) is 14.8 Å². The number of hydrogen-bond acceptors (Lipinski definition) is 3. The number of fused-ring (bicyclic) bond motifs is 1. The van der Waals surface area contributed by atoms with Gasteiger partial charge in [-0.2, -0.15) is 0 Å². The van der Waals surface area contributed by atoms with Crippen LogP contribution in [0.3, 0.4) is 0 Å². The van der Waals surface area contributed by atoms with Crippen LogP contribution in [-0.2, 0) is 6.54 Å². The summed E-state index contributed by atoms with van der Waals surface area (Å²) in [7, 11) is 0. The highest BCUT2D eigenvalue weighted by Crippen LogP contribution is 2.28. The molecule has 0 amide bonds. The monoisotopic (exact) mass is 273 g/mol. The predicted octanol–water partition coefficient (Wildman–Crippen LogP) is 2.69. The summed E-state index contributed by atoms with van der Waals surface area (Å²) in [5.74, 6) is 0.718. The molecule has 2 unspecified atom stereocenters. The molecule has 110 valence electrons. The van der Waals surface area contributed by atoms with E-state index in [9.17, 15) is 0 Å². The normalized spacial score (nSPS) is 28.0. The molecular weight excluding hydrogens is 246 g/mol. The molecule has 0 bridgehead atoms. The third kappa shape index (κ3) is 2.89. The van der Waals surface area contributed by atoms with Gasteiger partial charge in [0, 0.05) is 43.6 Å². The summed E-state index contributed by atoms with van der Waals surface area (Å²) in [6.45, 7) is 11.6. The van der Waals surface area contributed by atoms with Gasteiger partial charge in [0.2, 0.25) is 0 Å². The highest BCUT2D eigenvalue weighted by molar-refractivity contribution is 5.13. The van der Waals surface area contributed by atoms with Gasteiger partial charge in [-0.15, -0.1) is 0 Å². The number of rotatable bonds is 3. The molecule has 2 aliphatic rings. The Labute approximate surface area is 123 Å². The summed E-state index contributed by atoms with van der Waals surface area (Å²) in [6.07, 6.45) is 4.82. The number of aryl methyl sites for hydroxylation is 1. The van der Waals surface area contributed by atoms with Crippen LogP contribution in [0, 0.1) is 12.8 Å². The lowest BCUT2D eigenvalue weighted by molar-refractivity contribution is 0.0238. The zero-order chi connectivity index (χ0) is 14.1. The second kappa shape index (κ2) is 5.82. The van der Waals surface area contributed by atoms with Crippen molar-refractivity contribution < 1.29 is 0 Å². The average Bonchev–Trinajstić information content (AvgIpc) is 2.87. The molecule has 2 atom stereocenters.